The fraction of sp³-hybridized carbons (Fsp3) is 0.278. The summed E-state index contributed by atoms with van der Waals surface area (Å²) in [5.74, 6) is 0.918. The van der Waals surface area contributed by atoms with Gasteiger partial charge >= 0.3 is 7.25 Å². The summed E-state index contributed by atoms with van der Waals surface area (Å²) in [6, 6.07) is 14.6. The molecule has 0 saturated heterocycles. The van der Waals surface area contributed by atoms with Gasteiger partial charge in [0.1, 0.15) is 5.39 Å². The maximum absolute atomic E-state index is 9.75. The van der Waals surface area contributed by atoms with Crippen LogP contribution < -0.4 is 4.74 Å². The van der Waals surface area contributed by atoms with Crippen molar-refractivity contribution in [2.24, 2.45) is 0 Å². The van der Waals surface area contributed by atoms with Crippen molar-refractivity contribution in [3.8, 4) is 11.3 Å². The Morgan fingerprint density at radius 3 is 2.04 bits per heavy atom. The van der Waals surface area contributed by atoms with Gasteiger partial charge in [0.2, 0.25) is 11.3 Å². The number of aryl methyl sites for hydroxylation is 1. The number of hydrogen-bond acceptors (Lipinski definition) is 1. The van der Waals surface area contributed by atoms with E-state index < -0.39 is 7.25 Å². The maximum Gasteiger partial charge on any atom is 0.673 e. The van der Waals surface area contributed by atoms with Gasteiger partial charge in [-0.25, -0.2) is 4.52 Å². The zero-order valence-electron chi connectivity index (χ0n) is 14.9. The highest BCUT2D eigenvalue weighted by Gasteiger charge is 2.33. The molecule has 0 amide bonds. The zero-order chi connectivity index (χ0) is 19.7. The van der Waals surface area contributed by atoms with Crippen LogP contribution in [0.2, 0.25) is 0 Å². The summed E-state index contributed by atoms with van der Waals surface area (Å²) >= 11 is 3.63. The fourth-order valence-corrected chi connectivity index (χ4v) is 2.85. The second kappa shape index (κ2) is 7.43. The lowest BCUT2D eigenvalue weighted by Crippen LogP contribution is -2.48. The first-order valence-electron chi connectivity index (χ1n) is 7.96. The Hall–Kier alpha value is -1.83. The third-order valence-corrected chi connectivity index (χ3v) is 4.42. The normalized spacial score (nSPS) is 12.0. The third kappa shape index (κ3) is 5.10. The second-order valence-electron chi connectivity index (χ2n) is 6.87. The van der Waals surface area contributed by atoms with Crippen LogP contribution in [0.3, 0.4) is 0 Å². The van der Waals surface area contributed by atoms with Gasteiger partial charge in [-0.2, -0.15) is 0 Å². The minimum atomic E-state index is -6.00. The van der Waals surface area contributed by atoms with E-state index in [9.17, 15) is 17.3 Å². The van der Waals surface area contributed by atoms with E-state index in [1.165, 1.54) is 5.56 Å². The number of hydrogen-bond donors (Lipinski definition) is 0. The average Bonchev–Trinajstić information content (AvgIpc) is 2.85. The molecule has 140 valence electrons. The summed E-state index contributed by atoms with van der Waals surface area (Å²) in [6.45, 7) is 8.57. The van der Waals surface area contributed by atoms with Gasteiger partial charge in [-0.15, -0.1) is 0 Å². The molecule has 0 saturated carbocycles. The molecular weight excluding hydrogens is 413 g/mol. The lowest BCUT2D eigenvalue weighted by Gasteiger charge is -2.07. The van der Waals surface area contributed by atoms with Crippen molar-refractivity contribution in [3.63, 3.8) is 0 Å². The Labute approximate surface area is 158 Å². The predicted molar refractivity (Wildman–Crippen MR) is 99.5 cm³/mol. The molecule has 0 radical (unpaired) electrons. The van der Waals surface area contributed by atoms with Gasteiger partial charge in [-0.05, 0) is 23.3 Å². The zero-order valence-corrected chi connectivity index (χ0v) is 16.5. The first-order valence-corrected chi connectivity index (χ1v) is 8.75. The van der Waals surface area contributed by atoms with Crippen LogP contribution in [0.25, 0.3) is 22.2 Å². The van der Waals surface area contributed by atoms with Crippen LogP contribution in [0, 0.1) is 6.92 Å². The Kier molecular flexibility index (Phi) is 5.85. The molecule has 3 aromatic rings. The van der Waals surface area contributed by atoms with Crippen molar-refractivity contribution in [2.45, 2.75) is 33.2 Å². The van der Waals surface area contributed by atoms with Crippen LogP contribution in [0.15, 0.2) is 51.5 Å². The minimum Gasteiger partial charge on any atom is -0.418 e. The Bertz CT molecular complexity index is 895. The first kappa shape index (κ1) is 20.5. The van der Waals surface area contributed by atoms with Crippen molar-refractivity contribution in [2.75, 3.05) is 0 Å². The Morgan fingerprint density at radius 1 is 1.00 bits per heavy atom. The van der Waals surface area contributed by atoms with Crippen LogP contribution in [-0.2, 0) is 5.54 Å². The van der Waals surface area contributed by atoms with Gasteiger partial charge < -0.3 is 17.3 Å². The van der Waals surface area contributed by atoms with E-state index >= 15 is 0 Å². The topological polar surface area (TPSA) is 17.0 Å². The number of aromatic nitrogens is 1. The first-order chi connectivity index (χ1) is 11.9. The van der Waals surface area contributed by atoms with E-state index in [0.717, 1.165) is 26.7 Å². The van der Waals surface area contributed by atoms with Crippen molar-refractivity contribution >= 4 is 34.1 Å². The number of halogens is 5. The molecular formula is C18H19BBrF4NO. The standard InChI is InChI=1S/C18H19BrNO.BF4/c1-12-10-16-14(11-15(12)19)17(13-8-6-5-7-9-13)21-20(16)18(2,3)4;2-1(3,4)5/h5-11H,1-4H3;/q+1;-1. The second-order valence-corrected chi connectivity index (χ2v) is 7.72. The van der Waals surface area contributed by atoms with Crippen molar-refractivity contribution in [3.05, 3.63) is 52.5 Å². The van der Waals surface area contributed by atoms with Crippen LogP contribution in [0.1, 0.15) is 26.3 Å². The average molecular weight is 432 g/mol. The molecule has 0 bridgehead atoms. The summed E-state index contributed by atoms with van der Waals surface area (Å²) in [5, 5.41) is 1.13. The van der Waals surface area contributed by atoms with E-state index in [4.69, 9.17) is 4.52 Å². The van der Waals surface area contributed by atoms with Gasteiger partial charge in [0.05, 0.1) is 0 Å². The molecule has 0 unspecified atom stereocenters. The van der Waals surface area contributed by atoms with Crippen molar-refractivity contribution in [1.82, 2.24) is 0 Å². The largest absolute Gasteiger partial charge is 0.673 e. The SMILES string of the molecule is Cc1cc2c(cc1Br)c(-c1ccccc1)o[n+]2C(C)(C)C.F[B-](F)(F)F. The molecule has 0 atom stereocenters. The van der Waals surface area contributed by atoms with E-state index in [0.29, 0.717) is 0 Å². The highest BCUT2D eigenvalue weighted by Crippen LogP contribution is 2.32. The summed E-state index contributed by atoms with van der Waals surface area (Å²) in [5.41, 5.74) is 3.33. The smallest absolute Gasteiger partial charge is 0.418 e. The number of rotatable bonds is 1. The lowest BCUT2D eigenvalue weighted by atomic mass is 10.1. The molecule has 0 aliphatic rings. The van der Waals surface area contributed by atoms with Gasteiger partial charge in [0.15, 0.2) is 0 Å². The molecule has 3 rings (SSSR count). The quantitative estimate of drug-likeness (QED) is 0.243. The molecule has 0 spiro atoms. The minimum absolute atomic E-state index is 0.106. The number of nitrogens with zero attached hydrogens (tertiary/aromatic N) is 1. The summed E-state index contributed by atoms with van der Waals surface area (Å²) in [7, 11) is -6.00. The molecule has 1 heterocycles. The van der Waals surface area contributed by atoms with Crippen LogP contribution in [0.5, 0.6) is 0 Å². The molecule has 0 fully saturated rings. The summed E-state index contributed by atoms with van der Waals surface area (Å²) in [6.07, 6.45) is 0. The van der Waals surface area contributed by atoms with E-state index in [-0.39, 0.29) is 5.54 Å². The maximum atomic E-state index is 9.75. The highest BCUT2D eigenvalue weighted by molar-refractivity contribution is 9.10. The van der Waals surface area contributed by atoms with Crippen molar-refractivity contribution < 1.29 is 26.5 Å². The lowest BCUT2D eigenvalue weighted by molar-refractivity contribution is -0.886. The van der Waals surface area contributed by atoms with Crippen LogP contribution in [-0.4, -0.2) is 7.25 Å². The molecule has 0 aliphatic carbocycles. The number of benzene rings is 2. The van der Waals surface area contributed by atoms with Crippen LogP contribution in [0.4, 0.5) is 17.3 Å². The monoisotopic (exact) mass is 431 g/mol. The molecule has 0 aliphatic heterocycles. The van der Waals surface area contributed by atoms with E-state index in [1.807, 2.05) is 22.9 Å². The fourth-order valence-electron chi connectivity index (χ4n) is 2.50. The van der Waals surface area contributed by atoms with E-state index in [2.05, 4.69) is 67.9 Å². The summed E-state index contributed by atoms with van der Waals surface area (Å²) in [4.78, 5) is 0. The van der Waals surface area contributed by atoms with Crippen LogP contribution >= 0.6 is 15.9 Å². The predicted octanol–water partition coefficient (Wildman–Crippen LogP) is 6.51. The van der Waals surface area contributed by atoms with E-state index in [1.54, 1.807) is 0 Å². The van der Waals surface area contributed by atoms with Gasteiger partial charge in [0, 0.05) is 36.9 Å². The molecule has 0 N–H and O–H groups in total. The van der Waals surface area contributed by atoms with Crippen molar-refractivity contribution in [1.29, 1.82) is 0 Å². The molecule has 2 nitrogen and oxygen atoms in total. The van der Waals surface area contributed by atoms with Gasteiger partial charge in [-0.3, -0.25) is 0 Å². The molecule has 1 aromatic heterocycles. The molecule has 2 aromatic carbocycles. The Balaban J connectivity index is 0.000000431. The van der Waals surface area contributed by atoms with Gasteiger partial charge in [-0.1, -0.05) is 46.3 Å². The molecule has 8 heteroatoms. The number of fused-ring (bicyclic) bond motifs is 1. The summed E-state index contributed by atoms with van der Waals surface area (Å²) < 4.78 is 48.3. The molecule has 26 heavy (non-hydrogen) atoms. The third-order valence-electron chi connectivity index (χ3n) is 3.57. The Morgan fingerprint density at radius 2 is 1.54 bits per heavy atom. The van der Waals surface area contributed by atoms with Gasteiger partial charge in [0.25, 0.3) is 5.52 Å². The highest BCUT2D eigenvalue weighted by atomic mass is 79.9.